The second-order valence-corrected chi connectivity index (χ2v) is 6.25. The topological polar surface area (TPSA) is 55.1 Å². The van der Waals surface area contributed by atoms with Gasteiger partial charge in [-0.1, -0.05) is 0 Å². The molecule has 3 nitrogen and oxygen atoms in total. The van der Waals surface area contributed by atoms with E-state index in [1.54, 1.807) is 6.92 Å². The summed E-state index contributed by atoms with van der Waals surface area (Å²) in [6, 6.07) is 0.0727. The molecule has 4 heteroatoms. The normalized spacial score (nSPS) is 44.0. The van der Waals surface area contributed by atoms with Crippen molar-refractivity contribution in [3.63, 3.8) is 0 Å². The van der Waals surface area contributed by atoms with Crippen molar-refractivity contribution in [3.05, 3.63) is 0 Å². The van der Waals surface area contributed by atoms with Crippen molar-refractivity contribution >= 4 is 18.3 Å². The molecule has 1 atom stereocenters. The average Bonchev–Trinajstić information content (AvgIpc) is 2.21. The summed E-state index contributed by atoms with van der Waals surface area (Å²) in [5.74, 6) is 3.47. The fraction of sp³-hybridized carbons (Fsp3) is 0.923. The maximum atomic E-state index is 11.7. The van der Waals surface area contributed by atoms with Gasteiger partial charge in [0.2, 0.25) is 5.91 Å². The molecule has 4 aliphatic rings. The highest BCUT2D eigenvalue weighted by molar-refractivity contribution is 5.85. The number of hydrogen-bond donors (Lipinski definition) is 2. The van der Waals surface area contributed by atoms with Crippen molar-refractivity contribution in [2.45, 2.75) is 51.1 Å². The lowest BCUT2D eigenvalue weighted by atomic mass is 9.54. The number of nitrogens with two attached hydrogens (primary N) is 1. The highest BCUT2D eigenvalue weighted by Gasteiger charge is 2.48. The van der Waals surface area contributed by atoms with Crippen LogP contribution in [0.3, 0.4) is 0 Å². The van der Waals surface area contributed by atoms with Gasteiger partial charge in [0.25, 0.3) is 0 Å². The highest BCUT2D eigenvalue weighted by Crippen LogP contribution is 2.53. The second kappa shape index (κ2) is 4.77. The fourth-order valence-electron chi connectivity index (χ4n) is 4.46. The molecule has 4 saturated carbocycles. The molecule has 1 unspecified atom stereocenters. The van der Waals surface area contributed by atoms with Crippen LogP contribution in [0.15, 0.2) is 0 Å². The van der Waals surface area contributed by atoms with E-state index < -0.39 is 0 Å². The molecule has 1 amide bonds. The fourth-order valence-corrected chi connectivity index (χ4v) is 4.46. The van der Waals surface area contributed by atoms with Crippen LogP contribution in [0.2, 0.25) is 0 Å². The van der Waals surface area contributed by atoms with Gasteiger partial charge in [0.05, 0.1) is 6.04 Å². The number of halogens is 1. The van der Waals surface area contributed by atoms with E-state index in [-0.39, 0.29) is 24.4 Å². The first kappa shape index (κ1) is 13.2. The minimum atomic E-state index is -0.364. The van der Waals surface area contributed by atoms with E-state index >= 15 is 0 Å². The lowest BCUT2D eigenvalue weighted by Gasteiger charge is -2.54. The first-order valence-corrected chi connectivity index (χ1v) is 6.69. The molecule has 0 aliphatic heterocycles. The van der Waals surface area contributed by atoms with Crippen molar-refractivity contribution in [1.29, 1.82) is 0 Å². The summed E-state index contributed by atoms with van der Waals surface area (Å²) in [5, 5.41) is 3.20. The van der Waals surface area contributed by atoms with Crippen LogP contribution in [0.4, 0.5) is 0 Å². The second-order valence-electron chi connectivity index (χ2n) is 6.25. The Labute approximate surface area is 109 Å². The van der Waals surface area contributed by atoms with Gasteiger partial charge >= 0.3 is 0 Å². The Morgan fingerprint density at radius 2 is 1.59 bits per heavy atom. The predicted octanol–water partition coefficient (Wildman–Crippen LogP) is 1.70. The Bertz CT molecular complexity index is 278. The van der Waals surface area contributed by atoms with Gasteiger partial charge in [0, 0.05) is 6.04 Å². The Hall–Kier alpha value is -0.280. The highest BCUT2D eigenvalue weighted by atomic mass is 35.5. The zero-order valence-corrected chi connectivity index (χ0v) is 11.2. The maximum Gasteiger partial charge on any atom is 0.236 e. The molecule has 98 valence electrons. The van der Waals surface area contributed by atoms with Crippen LogP contribution in [0, 0.1) is 23.7 Å². The third kappa shape index (κ3) is 2.32. The van der Waals surface area contributed by atoms with Crippen molar-refractivity contribution in [2.24, 2.45) is 29.4 Å². The SMILES string of the molecule is CC(N)C(=O)NC1C2CC3CC(C2)CC1C3.Cl. The maximum absolute atomic E-state index is 11.7. The molecule has 4 bridgehead atoms. The van der Waals surface area contributed by atoms with E-state index in [9.17, 15) is 4.79 Å². The van der Waals surface area contributed by atoms with E-state index in [1.807, 2.05) is 0 Å². The van der Waals surface area contributed by atoms with Gasteiger partial charge in [-0.3, -0.25) is 4.79 Å². The van der Waals surface area contributed by atoms with E-state index in [4.69, 9.17) is 5.73 Å². The van der Waals surface area contributed by atoms with Crippen molar-refractivity contribution in [2.75, 3.05) is 0 Å². The Balaban J connectivity index is 0.00000108. The smallest absolute Gasteiger partial charge is 0.236 e. The number of rotatable bonds is 2. The molecule has 17 heavy (non-hydrogen) atoms. The molecule has 3 N–H and O–H groups in total. The number of carbonyl (C=O) groups is 1. The van der Waals surface area contributed by atoms with Gasteiger partial charge in [-0.05, 0) is 62.7 Å². The lowest BCUT2D eigenvalue weighted by Crippen LogP contribution is -2.57. The van der Waals surface area contributed by atoms with Gasteiger partial charge in [0.1, 0.15) is 0 Å². The zero-order chi connectivity index (χ0) is 11.3. The lowest BCUT2D eigenvalue weighted by molar-refractivity contribution is -0.125. The Kier molecular flexibility index (Phi) is 3.69. The standard InChI is InChI=1S/C13H22N2O.ClH/c1-7(14)13(16)15-12-10-3-8-2-9(5-10)6-11(12)4-8;/h7-12H,2-6,14H2,1H3,(H,15,16);1H. The number of nitrogens with one attached hydrogen (secondary N) is 1. The average molecular weight is 259 g/mol. The molecule has 0 aromatic rings. The first-order chi connectivity index (χ1) is 7.63. The zero-order valence-electron chi connectivity index (χ0n) is 10.4. The summed E-state index contributed by atoms with van der Waals surface area (Å²) in [6.07, 6.45) is 6.84. The number of carbonyl (C=O) groups excluding carboxylic acids is 1. The molecule has 0 spiro atoms. The predicted molar refractivity (Wildman–Crippen MR) is 69.9 cm³/mol. The molecule has 0 aromatic heterocycles. The molecular weight excluding hydrogens is 236 g/mol. The van der Waals surface area contributed by atoms with Crippen LogP contribution < -0.4 is 11.1 Å². The van der Waals surface area contributed by atoms with E-state index in [0.717, 1.165) is 23.7 Å². The van der Waals surface area contributed by atoms with Crippen LogP contribution in [0.25, 0.3) is 0 Å². The van der Waals surface area contributed by atoms with Crippen molar-refractivity contribution in [1.82, 2.24) is 5.32 Å². The van der Waals surface area contributed by atoms with Crippen LogP contribution in [0.5, 0.6) is 0 Å². The largest absolute Gasteiger partial charge is 0.351 e. The van der Waals surface area contributed by atoms with E-state index in [2.05, 4.69) is 5.32 Å². The van der Waals surface area contributed by atoms with Gasteiger partial charge in [0.15, 0.2) is 0 Å². The molecule has 4 rings (SSSR count). The summed E-state index contributed by atoms with van der Waals surface area (Å²) in [7, 11) is 0. The minimum absolute atomic E-state index is 0. The molecule has 0 heterocycles. The van der Waals surface area contributed by atoms with Crippen LogP contribution in [-0.2, 0) is 4.79 Å². The van der Waals surface area contributed by atoms with Gasteiger partial charge in [-0.15, -0.1) is 12.4 Å². The van der Waals surface area contributed by atoms with E-state index in [1.165, 1.54) is 32.1 Å². The third-order valence-corrected chi connectivity index (χ3v) is 4.95. The van der Waals surface area contributed by atoms with Crippen molar-refractivity contribution in [3.8, 4) is 0 Å². The van der Waals surface area contributed by atoms with Crippen LogP contribution >= 0.6 is 12.4 Å². The summed E-state index contributed by atoms with van der Waals surface area (Å²) in [6.45, 7) is 1.77. The minimum Gasteiger partial charge on any atom is -0.351 e. The molecule has 4 fully saturated rings. The molecule has 0 radical (unpaired) electrons. The van der Waals surface area contributed by atoms with Crippen molar-refractivity contribution < 1.29 is 4.79 Å². The molecule has 4 aliphatic carbocycles. The molecule has 0 aromatic carbocycles. The Morgan fingerprint density at radius 1 is 1.12 bits per heavy atom. The summed E-state index contributed by atoms with van der Waals surface area (Å²) >= 11 is 0. The van der Waals surface area contributed by atoms with E-state index in [0.29, 0.717) is 6.04 Å². The first-order valence-electron chi connectivity index (χ1n) is 6.69. The molecular formula is C13H23ClN2O. The van der Waals surface area contributed by atoms with Gasteiger partial charge in [-0.2, -0.15) is 0 Å². The van der Waals surface area contributed by atoms with Crippen LogP contribution in [-0.4, -0.2) is 18.0 Å². The van der Waals surface area contributed by atoms with Crippen LogP contribution in [0.1, 0.15) is 39.0 Å². The summed E-state index contributed by atoms with van der Waals surface area (Å²) in [4.78, 5) is 11.7. The number of hydrogen-bond acceptors (Lipinski definition) is 2. The monoisotopic (exact) mass is 258 g/mol. The number of amides is 1. The third-order valence-electron chi connectivity index (χ3n) is 4.95. The summed E-state index contributed by atoms with van der Waals surface area (Å²) < 4.78 is 0. The molecule has 0 saturated heterocycles. The quantitative estimate of drug-likeness (QED) is 0.792. The summed E-state index contributed by atoms with van der Waals surface area (Å²) in [5.41, 5.74) is 5.63. The van der Waals surface area contributed by atoms with Gasteiger partial charge < -0.3 is 11.1 Å². The Morgan fingerprint density at radius 3 is 2.00 bits per heavy atom. The van der Waals surface area contributed by atoms with Gasteiger partial charge in [-0.25, -0.2) is 0 Å².